The first-order valence-corrected chi connectivity index (χ1v) is 13.3. The lowest BCUT2D eigenvalue weighted by molar-refractivity contribution is -0.127. The molecule has 206 valence electrons. The summed E-state index contributed by atoms with van der Waals surface area (Å²) in [5, 5.41) is 2.89. The van der Waals surface area contributed by atoms with Crippen LogP contribution in [0.1, 0.15) is 39.9 Å². The van der Waals surface area contributed by atoms with E-state index in [1.165, 1.54) is 12.1 Å². The minimum absolute atomic E-state index is 0.0111. The molecule has 0 aliphatic carbocycles. The molecule has 8 heteroatoms. The number of hydrogen-bond donors (Lipinski definition) is 2. The van der Waals surface area contributed by atoms with Gasteiger partial charge in [-0.2, -0.15) is 0 Å². The second-order valence-electron chi connectivity index (χ2n) is 10.0. The molecule has 3 aromatic rings. The van der Waals surface area contributed by atoms with E-state index in [1.54, 1.807) is 24.1 Å². The third kappa shape index (κ3) is 7.43. The molecule has 7 nitrogen and oxygen atoms in total. The molecular formula is C31H37FN4O3. The van der Waals surface area contributed by atoms with E-state index in [-0.39, 0.29) is 23.7 Å². The third-order valence-corrected chi connectivity index (χ3v) is 7.22. The molecule has 0 spiro atoms. The summed E-state index contributed by atoms with van der Waals surface area (Å²) in [7, 11) is 1.64. The molecule has 0 aromatic heterocycles. The number of rotatable bonds is 10. The van der Waals surface area contributed by atoms with Crippen molar-refractivity contribution < 1.29 is 18.7 Å². The SMILES string of the molecule is COc1cccc(CN(Cc2ccc(F)cc2)C2CCN(C(=O)c3ccc(C)cc3)[C@@H](C(=O)NCCN)C2)c1. The Labute approximate surface area is 229 Å². The van der Waals surface area contributed by atoms with Gasteiger partial charge in [0.1, 0.15) is 17.6 Å². The first-order valence-electron chi connectivity index (χ1n) is 13.3. The Bertz CT molecular complexity index is 1250. The van der Waals surface area contributed by atoms with Crippen LogP contribution in [0.5, 0.6) is 5.75 Å². The normalized spacial score (nSPS) is 17.2. The summed E-state index contributed by atoms with van der Waals surface area (Å²) >= 11 is 0. The summed E-state index contributed by atoms with van der Waals surface area (Å²) in [6.07, 6.45) is 1.17. The van der Waals surface area contributed by atoms with Gasteiger partial charge < -0.3 is 20.7 Å². The minimum atomic E-state index is -0.634. The van der Waals surface area contributed by atoms with Crippen LogP contribution in [0.4, 0.5) is 4.39 Å². The van der Waals surface area contributed by atoms with Crippen LogP contribution < -0.4 is 15.8 Å². The van der Waals surface area contributed by atoms with E-state index in [2.05, 4.69) is 10.2 Å². The van der Waals surface area contributed by atoms with Crippen molar-refractivity contribution in [3.8, 4) is 5.75 Å². The Balaban J connectivity index is 1.61. The fraction of sp³-hybridized carbons (Fsp3) is 0.355. The number of hydrogen-bond acceptors (Lipinski definition) is 5. The largest absolute Gasteiger partial charge is 0.497 e. The lowest BCUT2D eigenvalue weighted by atomic mass is 9.93. The maximum atomic E-state index is 13.6. The molecule has 1 heterocycles. The maximum Gasteiger partial charge on any atom is 0.254 e. The summed E-state index contributed by atoms with van der Waals surface area (Å²) in [6.45, 7) is 4.26. The smallest absolute Gasteiger partial charge is 0.254 e. The number of piperidine rings is 1. The summed E-state index contributed by atoms with van der Waals surface area (Å²) in [5.41, 5.74) is 9.32. The van der Waals surface area contributed by atoms with Gasteiger partial charge in [0.25, 0.3) is 5.91 Å². The van der Waals surface area contributed by atoms with Gasteiger partial charge in [-0.25, -0.2) is 4.39 Å². The zero-order valence-electron chi connectivity index (χ0n) is 22.6. The topological polar surface area (TPSA) is 87.9 Å². The molecule has 1 saturated heterocycles. The third-order valence-electron chi connectivity index (χ3n) is 7.22. The monoisotopic (exact) mass is 532 g/mol. The molecule has 0 bridgehead atoms. The van der Waals surface area contributed by atoms with Gasteiger partial charge in [-0.15, -0.1) is 0 Å². The number of likely N-dealkylation sites (tertiary alicyclic amines) is 1. The quantitative estimate of drug-likeness (QED) is 0.414. The molecular weight excluding hydrogens is 495 g/mol. The molecule has 1 aliphatic heterocycles. The number of nitrogens with zero attached hydrogens (tertiary/aromatic N) is 2. The molecule has 3 N–H and O–H groups in total. The molecule has 2 amide bonds. The van der Waals surface area contributed by atoms with Crippen LogP contribution in [-0.4, -0.2) is 60.4 Å². The molecule has 0 saturated carbocycles. The number of carbonyl (C=O) groups excluding carboxylic acids is 2. The lowest BCUT2D eigenvalue weighted by Gasteiger charge is -2.43. The number of amides is 2. The average molecular weight is 533 g/mol. The zero-order chi connectivity index (χ0) is 27.8. The number of methoxy groups -OCH3 is 1. The summed E-state index contributed by atoms with van der Waals surface area (Å²) in [4.78, 5) is 30.8. The number of nitrogens with two attached hydrogens (primary N) is 1. The van der Waals surface area contributed by atoms with Crippen molar-refractivity contribution >= 4 is 11.8 Å². The summed E-state index contributed by atoms with van der Waals surface area (Å²) < 4.78 is 19.0. The van der Waals surface area contributed by atoms with Gasteiger partial charge in [-0.05, 0) is 67.3 Å². The number of nitrogens with one attached hydrogen (secondary N) is 1. The Morgan fingerprint density at radius 2 is 1.77 bits per heavy atom. The first-order chi connectivity index (χ1) is 18.9. The van der Waals surface area contributed by atoms with E-state index in [9.17, 15) is 14.0 Å². The Hall–Kier alpha value is -3.75. The molecule has 3 aromatic carbocycles. The second kappa shape index (κ2) is 13.4. The van der Waals surface area contributed by atoms with E-state index >= 15 is 0 Å². The fourth-order valence-electron chi connectivity index (χ4n) is 5.09. The number of aryl methyl sites for hydroxylation is 1. The standard InChI is InChI=1S/C31H37FN4O3/c1-22-6-10-25(11-7-22)31(38)36-17-14-27(19-29(36)30(37)34-16-15-33)35(20-23-8-12-26(32)13-9-23)21-24-4-3-5-28(18-24)39-2/h3-13,18,27,29H,14-17,19-21,33H2,1-2H3,(H,34,37)/t27?,29-/m1/s1. The van der Waals surface area contributed by atoms with Crippen molar-refractivity contribution in [2.75, 3.05) is 26.7 Å². The van der Waals surface area contributed by atoms with Crippen molar-refractivity contribution in [3.05, 3.63) is 101 Å². The molecule has 39 heavy (non-hydrogen) atoms. The van der Waals surface area contributed by atoms with Crippen LogP contribution in [0.2, 0.25) is 0 Å². The Kier molecular flexibility index (Phi) is 9.68. The van der Waals surface area contributed by atoms with Crippen molar-refractivity contribution in [1.29, 1.82) is 0 Å². The second-order valence-corrected chi connectivity index (χ2v) is 10.0. The highest BCUT2D eigenvalue weighted by molar-refractivity contribution is 5.97. The first kappa shape index (κ1) is 28.3. The van der Waals surface area contributed by atoms with Gasteiger partial charge in [0.15, 0.2) is 0 Å². The van der Waals surface area contributed by atoms with Crippen molar-refractivity contribution in [2.45, 2.75) is 44.9 Å². The highest BCUT2D eigenvalue weighted by Crippen LogP contribution is 2.28. The predicted molar refractivity (Wildman–Crippen MR) is 150 cm³/mol. The summed E-state index contributed by atoms with van der Waals surface area (Å²) in [6, 6.07) is 21.2. The van der Waals surface area contributed by atoms with Crippen LogP contribution in [0, 0.1) is 12.7 Å². The van der Waals surface area contributed by atoms with E-state index in [4.69, 9.17) is 10.5 Å². The van der Waals surface area contributed by atoms with Crippen molar-refractivity contribution in [2.24, 2.45) is 5.73 Å². The van der Waals surface area contributed by atoms with E-state index in [1.807, 2.05) is 55.5 Å². The zero-order valence-corrected chi connectivity index (χ0v) is 22.6. The van der Waals surface area contributed by atoms with Gasteiger partial charge in [0, 0.05) is 44.3 Å². The van der Waals surface area contributed by atoms with Crippen LogP contribution in [0.15, 0.2) is 72.8 Å². The van der Waals surface area contributed by atoms with Crippen LogP contribution in [0.25, 0.3) is 0 Å². The van der Waals surface area contributed by atoms with Gasteiger partial charge >= 0.3 is 0 Å². The molecule has 0 radical (unpaired) electrons. The van der Waals surface area contributed by atoms with Gasteiger partial charge in [0.2, 0.25) is 5.91 Å². The molecule has 1 fully saturated rings. The number of benzene rings is 3. The van der Waals surface area contributed by atoms with Crippen LogP contribution >= 0.6 is 0 Å². The Morgan fingerprint density at radius 3 is 2.46 bits per heavy atom. The summed E-state index contributed by atoms with van der Waals surface area (Å²) in [5.74, 6) is 0.136. The van der Waals surface area contributed by atoms with E-state index in [0.717, 1.165) is 22.4 Å². The molecule has 2 atom stereocenters. The number of halogens is 1. The molecule has 1 aliphatic rings. The van der Waals surface area contributed by atoms with Crippen molar-refractivity contribution in [1.82, 2.24) is 15.1 Å². The highest BCUT2D eigenvalue weighted by atomic mass is 19.1. The van der Waals surface area contributed by atoms with E-state index < -0.39 is 6.04 Å². The maximum absolute atomic E-state index is 13.6. The van der Waals surface area contributed by atoms with Gasteiger partial charge in [-0.3, -0.25) is 14.5 Å². The van der Waals surface area contributed by atoms with E-state index in [0.29, 0.717) is 51.1 Å². The highest BCUT2D eigenvalue weighted by Gasteiger charge is 2.38. The van der Waals surface area contributed by atoms with Gasteiger partial charge in [0.05, 0.1) is 7.11 Å². The number of ether oxygens (including phenoxy) is 1. The van der Waals surface area contributed by atoms with Crippen LogP contribution in [0.3, 0.4) is 0 Å². The van der Waals surface area contributed by atoms with Crippen molar-refractivity contribution in [3.63, 3.8) is 0 Å². The minimum Gasteiger partial charge on any atom is -0.497 e. The molecule has 1 unspecified atom stereocenters. The number of carbonyl (C=O) groups is 2. The fourth-order valence-corrected chi connectivity index (χ4v) is 5.09. The van der Waals surface area contributed by atoms with Crippen LogP contribution in [-0.2, 0) is 17.9 Å². The Morgan fingerprint density at radius 1 is 1.05 bits per heavy atom. The van der Waals surface area contributed by atoms with Gasteiger partial charge in [-0.1, -0.05) is 42.0 Å². The lowest BCUT2D eigenvalue weighted by Crippen LogP contribution is -2.57. The molecule has 4 rings (SSSR count). The average Bonchev–Trinajstić information content (AvgIpc) is 2.96. The predicted octanol–water partition coefficient (Wildman–Crippen LogP) is 3.89.